The van der Waals surface area contributed by atoms with Gasteiger partial charge in [-0.1, -0.05) is 25.1 Å². The summed E-state index contributed by atoms with van der Waals surface area (Å²) in [4.78, 5) is 23.4. The van der Waals surface area contributed by atoms with Gasteiger partial charge in [0.05, 0.1) is 13.0 Å². The van der Waals surface area contributed by atoms with Gasteiger partial charge in [0.25, 0.3) is 5.91 Å². The van der Waals surface area contributed by atoms with Crippen LogP contribution in [-0.2, 0) is 16.0 Å². The van der Waals surface area contributed by atoms with E-state index in [9.17, 15) is 9.59 Å². The maximum atomic E-state index is 12.1. The second-order valence-electron chi connectivity index (χ2n) is 4.39. The molecule has 4 heteroatoms. The van der Waals surface area contributed by atoms with E-state index in [0.29, 0.717) is 12.2 Å². The summed E-state index contributed by atoms with van der Waals surface area (Å²) >= 11 is 0. The van der Waals surface area contributed by atoms with Crippen molar-refractivity contribution in [2.24, 2.45) is 0 Å². The van der Waals surface area contributed by atoms with Gasteiger partial charge in [0.2, 0.25) is 0 Å². The lowest BCUT2D eigenvalue weighted by atomic mass is 10.0. The van der Waals surface area contributed by atoms with Gasteiger partial charge >= 0.3 is 5.97 Å². The summed E-state index contributed by atoms with van der Waals surface area (Å²) in [6, 6.07) is 7.24. The molecule has 0 aliphatic rings. The summed E-state index contributed by atoms with van der Waals surface area (Å²) < 4.78 is 4.85. The topological polar surface area (TPSA) is 55.4 Å². The van der Waals surface area contributed by atoms with Crippen LogP contribution in [0.25, 0.3) is 0 Å². The molecular weight excluding hydrogens is 242 g/mol. The highest BCUT2D eigenvalue weighted by molar-refractivity contribution is 5.96. The van der Waals surface area contributed by atoms with Gasteiger partial charge in [-0.05, 0) is 31.9 Å². The smallest absolute Gasteiger partial charge is 0.307 e. The number of benzene rings is 1. The van der Waals surface area contributed by atoms with Crippen LogP contribution in [0.15, 0.2) is 24.3 Å². The van der Waals surface area contributed by atoms with Crippen LogP contribution in [0.2, 0.25) is 0 Å². The van der Waals surface area contributed by atoms with Crippen molar-refractivity contribution in [1.82, 2.24) is 5.32 Å². The molecule has 1 unspecified atom stereocenters. The Morgan fingerprint density at radius 1 is 1.26 bits per heavy atom. The molecule has 0 aromatic heterocycles. The third-order valence-corrected chi connectivity index (χ3v) is 2.80. The summed E-state index contributed by atoms with van der Waals surface area (Å²) in [7, 11) is 0. The minimum absolute atomic E-state index is 0.144. The number of esters is 1. The Morgan fingerprint density at radius 2 is 1.95 bits per heavy atom. The molecule has 0 fully saturated rings. The lowest BCUT2D eigenvalue weighted by Crippen LogP contribution is -2.35. The SMILES string of the molecule is CCOC(=O)CC(C)NC(=O)c1ccccc1CC. The second kappa shape index (κ2) is 7.56. The van der Waals surface area contributed by atoms with Crippen LogP contribution in [0.1, 0.15) is 43.1 Å². The molecule has 1 amide bonds. The van der Waals surface area contributed by atoms with E-state index in [1.54, 1.807) is 19.9 Å². The Hall–Kier alpha value is -1.84. The van der Waals surface area contributed by atoms with Crippen molar-refractivity contribution in [3.63, 3.8) is 0 Å². The zero-order valence-electron chi connectivity index (χ0n) is 11.7. The van der Waals surface area contributed by atoms with Gasteiger partial charge in [-0.2, -0.15) is 0 Å². The van der Waals surface area contributed by atoms with Crippen molar-refractivity contribution in [3.8, 4) is 0 Å². The number of nitrogens with one attached hydrogen (secondary N) is 1. The molecule has 1 rings (SSSR count). The minimum atomic E-state index is -0.293. The lowest BCUT2D eigenvalue weighted by Gasteiger charge is -2.14. The largest absolute Gasteiger partial charge is 0.466 e. The van der Waals surface area contributed by atoms with Gasteiger partial charge in [0, 0.05) is 11.6 Å². The maximum Gasteiger partial charge on any atom is 0.307 e. The average Bonchev–Trinajstić information content (AvgIpc) is 2.38. The van der Waals surface area contributed by atoms with Gasteiger partial charge in [0.15, 0.2) is 0 Å². The fourth-order valence-electron chi connectivity index (χ4n) is 1.87. The van der Waals surface area contributed by atoms with Crippen molar-refractivity contribution in [1.29, 1.82) is 0 Å². The summed E-state index contributed by atoms with van der Waals surface area (Å²) in [5, 5.41) is 2.82. The van der Waals surface area contributed by atoms with Crippen LogP contribution in [0.4, 0.5) is 0 Å². The highest BCUT2D eigenvalue weighted by Gasteiger charge is 2.15. The third kappa shape index (κ3) is 4.73. The average molecular weight is 263 g/mol. The Labute approximate surface area is 114 Å². The second-order valence-corrected chi connectivity index (χ2v) is 4.39. The van der Waals surface area contributed by atoms with E-state index in [4.69, 9.17) is 4.74 Å². The van der Waals surface area contributed by atoms with Gasteiger partial charge < -0.3 is 10.1 Å². The molecule has 1 atom stereocenters. The third-order valence-electron chi connectivity index (χ3n) is 2.80. The molecule has 1 aromatic carbocycles. The van der Waals surface area contributed by atoms with Crippen LogP contribution >= 0.6 is 0 Å². The first-order valence-electron chi connectivity index (χ1n) is 6.62. The molecule has 0 radical (unpaired) electrons. The van der Waals surface area contributed by atoms with E-state index in [2.05, 4.69) is 5.32 Å². The molecule has 0 aliphatic carbocycles. The molecule has 1 aromatic rings. The molecule has 0 bridgehead atoms. The minimum Gasteiger partial charge on any atom is -0.466 e. The number of ether oxygens (including phenoxy) is 1. The zero-order valence-corrected chi connectivity index (χ0v) is 11.7. The van der Waals surface area contributed by atoms with E-state index >= 15 is 0 Å². The van der Waals surface area contributed by atoms with Crippen LogP contribution in [0.3, 0.4) is 0 Å². The Bertz CT molecular complexity index is 443. The van der Waals surface area contributed by atoms with E-state index in [1.807, 2.05) is 25.1 Å². The molecular formula is C15H21NO3. The number of aryl methyl sites for hydroxylation is 1. The van der Waals surface area contributed by atoms with Gasteiger partial charge in [-0.15, -0.1) is 0 Å². The van der Waals surface area contributed by atoms with Gasteiger partial charge in [0.1, 0.15) is 0 Å². The molecule has 0 saturated heterocycles. The molecule has 19 heavy (non-hydrogen) atoms. The molecule has 4 nitrogen and oxygen atoms in total. The van der Waals surface area contributed by atoms with E-state index < -0.39 is 0 Å². The van der Waals surface area contributed by atoms with E-state index in [1.165, 1.54) is 0 Å². The summed E-state index contributed by atoms with van der Waals surface area (Å²) in [5.74, 6) is -0.437. The fraction of sp³-hybridized carbons (Fsp3) is 0.467. The van der Waals surface area contributed by atoms with Crippen LogP contribution in [-0.4, -0.2) is 24.5 Å². The number of carbonyl (C=O) groups is 2. The van der Waals surface area contributed by atoms with Gasteiger partial charge in [-0.25, -0.2) is 0 Å². The first-order valence-corrected chi connectivity index (χ1v) is 6.62. The van der Waals surface area contributed by atoms with E-state index in [0.717, 1.165) is 12.0 Å². The Balaban J connectivity index is 2.61. The molecule has 1 N–H and O–H groups in total. The quantitative estimate of drug-likeness (QED) is 0.801. The summed E-state index contributed by atoms with van der Waals surface area (Å²) in [6.45, 7) is 5.92. The summed E-state index contributed by atoms with van der Waals surface area (Å²) in [6.07, 6.45) is 0.990. The Kier molecular flexibility index (Phi) is 6.06. The number of hydrogen-bond donors (Lipinski definition) is 1. The molecule has 104 valence electrons. The van der Waals surface area contributed by atoms with Crippen molar-refractivity contribution < 1.29 is 14.3 Å². The first kappa shape index (κ1) is 15.2. The predicted molar refractivity (Wildman–Crippen MR) is 74.0 cm³/mol. The molecule has 0 spiro atoms. The van der Waals surface area contributed by atoms with Crippen molar-refractivity contribution in [2.45, 2.75) is 39.7 Å². The highest BCUT2D eigenvalue weighted by atomic mass is 16.5. The zero-order chi connectivity index (χ0) is 14.3. The number of rotatable bonds is 6. The number of hydrogen-bond acceptors (Lipinski definition) is 3. The molecule has 0 heterocycles. The Morgan fingerprint density at radius 3 is 2.58 bits per heavy atom. The highest BCUT2D eigenvalue weighted by Crippen LogP contribution is 2.10. The first-order chi connectivity index (χ1) is 9.08. The van der Waals surface area contributed by atoms with Crippen LogP contribution < -0.4 is 5.32 Å². The summed E-state index contributed by atoms with van der Waals surface area (Å²) in [5.41, 5.74) is 1.67. The normalized spacial score (nSPS) is 11.7. The van der Waals surface area contributed by atoms with Crippen molar-refractivity contribution >= 4 is 11.9 Å². The molecule has 0 aliphatic heterocycles. The van der Waals surface area contributed by atoms with Gasteiger partial charge in [-0.3, -0.25) is 9.59 Å². The monoisotopic (exact) mass is 263 g/mol. The van der Waals surface area contributed by atoms with Crippen LogP contribution in [0, 0.1) is 0 Å². The fourth-order valence-corrected chi connectivity index (χ4v) is 1.87. The maximum absolute atomic E-state index is 12.1. The van der Waals surface area contributed by atoms with Crippen molar-refractivity contribution in [3.05, 3.63) is 35.4 Å². The number of carbonyl (C=O) groups excluding carboxylic acids is 2. The van der Waals surface area contributed by atoms with E-state index in [-0.39, 0.29) is 24.3 Å². The van der Waals surface area contributed by atoms with Crippen LogP contribution in [0.5, 0.6) is 0 Å². The van der Waals surface area contributed by atoms with Crippen molar-refractivity contribution in [2.75, 3.05) is 6.61 Å². The lowest BCUT2D eigenvalue weighted by molar-refractivity contribution is -0.143. The standard InChI is InChI=1S/C15H21NO3/c1-4-12-8-6-7-9-13(12)15(18)16-11(3)10-14(17)19-5-2/h6-9,11H,4-5,10H2,1-3H3,(H,16,18). The predicted octanol–water partition coefficient (Wildman–Crippen LogP) is 2.32. The molecule has 0 saturated carbocycles. The number of amides is 1.